The summed E-state index contributed by atoms with van der Waals surface area (Å²) in [4.78, 5) is 0. The zero-order valence-corrected chi connectivity index (χ0v) is 9.21. The highest BCUT2D eigenvalue weighted by atomic mass is 127. The lowest BCUT2D eigenvalue weighted by Crippen LogP contribution is -1.93. The molecular formula is C10H9IN. The van der Waals surface area contributed by atoms with Crippen LogP contribution in [-0.4, -0.2) is 0 Å². The highest BCUT2D eigenvalue weighted by Gasteiger charge is 2.05. The van der Waals surface area contributed by atoms with Crippen LogP contribution in [0, 0.1) is 20.8 Å². The summed E-state index contributed by atoms with van der Waals surface area (Å²) in [6, 6.07) is 7.88. The van der Waals surface area contributed by atoms with E-state index in [0.29, 0.717) is 0 Å². The van der Waals surface area contributed by atoms with E-state index in [1.165, 1.54) is 15.1 Å². The van der Waals surface area contributed by atoms with Crippen LogP contribution in [0.3, 0.4) is 0 Å². The van der Waals surface area contributed by atoms with Crippen molar-refractivity contribution in [2.75, 3.05) is 0 Å². The summed E-state index contributed by atoms with van der Waals surface area (Å²) < 4.78 is 1.20. The van der Waals surface area contributed by atoms with Gasteiger partial charge < -0.3 is 0 Å². The molecule has 0 amide bonds. The van der Waals surface area contributed by atoms with Crippen molar-refractivity contribution in [2.45, 2.75) is 13.8 Å². The Morgan fingerprint density at radius 1 is 1.42 bits per heavy atom. The van der Waals surface area contributed by atoms with E-state index in [2.05, 4.69) is 42.5 Å². The quantitative estimate of drug-likeness (QED) is 0.719. The molecule has 0 bridgehead atoms. The zero-order valence-electron chi connectivity index (χ0n) is 7.06. The van der Waals surface area contributed by atoms with Crippen LogP contribution < -0.4 is 0 Å². The van der Waals surface area contributed by atoms with E-state index in [-0.39, 0.29) is 0 Å². The first kappa shape index (κ1) is 9.53. The Morgan fingerprint density at radius 2 is 2.08 bits per heavy atom. The van der Waals surface area contributed by atoms with Gasteiger partial charge in [-0.1, -0.05) is 13.8 Å². The van der Waals surface area contributed by atoms with E-state index in [1.807, 2.05) is 18.2 Å². The summed E-state index contributed by atoms with van der Waals surface area (Å²) in [6.45, 7) is 4.11. The first-order valence-corrected chi connectivity index (χ1v) is 4.73. The molecule has 1 aromatic carbocycles. The van der Waals surface area contributed by atoms with Gasteiger partial charge in [-0.3, -0.25) is 0 Å². The number of nitriles is 1. The highest BCUT2D eigenvalue weighted by molar-refractivity contribution is 14.1. The van der Waals surface area contributed by atoms with Crippen molar-refractivity contribution in [2.24, 2.45) is 0 Å². The van der Waals surface area contributed by atoms with E-state index in [4.69, 9.17) is 5.26 Å². The van der Waals surface area contributed by atoms with Crippen LogP contribution in [0.15, 0.2) is 18.2 Å². The predicted octanol–water partition coefficient (Wildman–Crippen LogP) is 3.13. The molecule has 0 N–H and O–H groups in total. The molecule has 12 heavy (non-hydrogen) atoms. The molecule has 61 valence electrons. The molecule has 0 saturated heterocycles. The average molecular weight is 270 g/mol. The van der Waals surface area contributed by atoms with Crippen molar-refractivity contribution in [3.63, 3.8) is 0 Å². The second-order valence-electron chi connectivity index (χ2n) is 2.81. The number of rotatable bonds is 1. The Kier molecular flexibility index (Phi) is 3.10. The van der Waals surface area contributed by atoms with Crippen LogP contribution in [0.1, 0.15) is 25.0 Å². The lowest BCUT2D eigenvalue weighted by Gasteiger charge is -2.07. The van der Waals surface area contributed by atoms with Gasteiger partial charge in [-0.15, -0.1) is 0 Å². The van der Waals surface area contributed by atoms with E-state index in [9.17, 15) is 0 Å². The third-order valence-electron chi connectivity index (χ3n) is 1.63. The van der Waals surface area contributed by atoms with Crippen molar-refractivity contribution < 1.29 is 0 Å². The van der Waals surface area contributed by atoms with Gasteiger partial charge in [-0.25, -0.2) is 0 Å². The molecule has 0 fully saturated rings. The number of nitrogens with zero attached hydrogens (tertiary/aromatic N) is 1. The molecule has 1 aromatic rings. The molecule has 1 rings (SSSR count). The Balaban J connectivity index is 3.19. The first-order valence-electron chi connectivity index (χ1n) is 3.65. The molecule has 0 spiro atoms. The van der Waals surface area contributed by atoms with Crippen LogP contribution >= 0.6 is 22.6 Å². The topological polar surface area (TPSA) is 23.8 Å². The molecule has 0 saturated carbocycles. The Hall–Kier alpha value is -0.560. The fraction of sp³-hybridized carbons (Fsp3) is 0.200. The van der Waals surface area contributed by atoms with Crippen molar-refractivity contribution in [3.8, 4) is 6.07 Å². The molecule has 0 unspecified atom stereocenters. The molecule has 1 nitrogen and oxygen atoms in total. The Labute approximate surface area is 86.5 Å². The third kappa shape index (κ3) is 1.98. The normalized spacial score (nSPS) is 9.92. The Morgan fingerprint density at radius 3 is 2.58 bits per heavy atom. The van der Waals surface area contributed by atoms with E-state index >= 15 is 0 Å². The van der Waals surface area contributed by atoms with Crippen LogP contribution in [0.5, 0.6) is 0 Å². The van der Waals surface area contributed by atoms with Crippen LogP contribution in [0.4, 0.5) is 0 Å². The van der Waals surface area contributed by atoms with Gasteiger partial charge in [0.2, 0.25) is 0 Å². The molecule has 0 heterocycles. The van der Waals surface area contributed by atoms with E-state index in [1.54, 1.807) is 0 Å². The largest absolute Gasteiger partial charge is 0.192 e. The fourth-order valence-corrected chi connectivity index (χ4v) is 1.85. The first-order chi connectivity index (χ1) is 5.65. The molecular weight excluding hydrogens is 261 g/mol. The van der Waals surface area contributed by atoms with Gasteiger partial charge in [0.25, 0.3) is 0 Å². The summed E-state index contributed by atoms with van der Waals surface area (Å²) in [5, 5.41) is 8.67. The van der Waals surface area contributed by atoms with Gasteiger partial charge in [0.1, 0.15) is 0 Å². The second-order valence-corrected chi connectivity index (χ2v) is 3.97. The smallest absolute Gasteiger partial charge is 0.0991 e. The number of hydrogen-bond donors (Lipinski definition) is 0. The summed E-state index contributed by atoms with van der Waals surface area (Å²) >= 11 is 2.28. The van der Waals surface area contributed by atoms with Crippen LogP contribution in [0.2, 0.25) is 0 Å². The summed E-state index contributed by atoms with van der Waals surface area (Å²) in [5.41, 5.74) is 1.90. The number of benzene rings is 1. The minimum atomic E-state index is 0.728. The number of hydrogen-bond acceptors (Lipinski definition) is 1. The standard InChI is InChI=1S/C10H9IN/c1-7(2)9-5-8(6-12)3-4-10(9)11/h3-5H,1-2H3. The van der Waals surface area contributed by atoms with Gasteiger partial charge in [0.05, 0.1) is 11.6 Å². The maximum Gasteiger partial charge on any atom is 0.0991 e. The predicted molar refractivity (Wildman–Crippen MR) is 57.6 cm³/mol. The van der Waals surface area contributed by atoms with Crippen molar-refractivity contribution >= 4 is 22.6 Å². The van der Waals surface area contributed by atoms with Gasteiger partial charge in [0.15, 0.2) is 0 Å². The van der Waals surface area contributed by atoms with Gasteiger partial charge in [0, 0.05) is 3.57 Å². The summed E-state index contributed by atoms with van der Waals surface area (Å²) in [5.74, 6) is 1.25. The molecule has 0 atom stereocenters. The minimum Gasteiger partial charge on any atom is -0.192 e. The average Bonchev–Trinajstić information content (AvgIpc) is 2.05. The fourth-order valence-electron chi connectivity index (χ4n) is 0.978. The minimum absolute atomic E-state index is 0.728. The van der Waals surface area contributed by atoms with Crippen molar-refractivity contribution in [1.82, 2.24) is 0 Å². The summed E-state index contributed by atoms with van der Waals surface area (Å²) in [7, 11) is 0. The maximum atomic E-state index is 8.67. The zero-order chi connectivity index (χ0) is 9.14. The Bertz CT molecular complexity index is 323. The molecule has 2 heteroatoms. The summed E-state index contributed by atoms with van der Waals surface area (Å²) in [6.07, 6.45) is 0. The second kappa shape index (κ2) is 3.90. The van der Waals surface area contributed by atoms with Gasteiger partial charge in [-0.05, 0) is 52.3 Å². The number of halogens is 1. The third-order valence-corrected chi connectivity index (χ3v) is 2.57. The SMILES string of the molecule is C[C](C)c1cc(C#N)ccc1I. The van der Waals surface area contributed by atoms with Crippen molar-refractivity contribution in [1.29, 1.82) is 5.26 Å². The van der Waals surface area contributed by atoms with Gasteiger partial charge in [-0.2, -0.15) is 5.26 Å². The maximum absolute atomic E-state index is 8.67. The molecule has 0 aliphatic heterocycles. The molecule has 0 aliphatic rings. The monoisotopic (exact) mass is 270 g/mol. The van der Waals surface area contributed by atoms with Crippen molar-refractivity contribution in [3.05, 3.63) is 38.8 Å². The van der Waals surface area contributed by atoms with E-state index < -0.39 is 0 Å². The van der Waals surface area contributed by atoms with Crippen LogP contribution in [-0.2, 0) is 0 Å². The lowest BCUT2D eigenvalue weighted by molar-refractivity contribution is 1.13. The molecule has 0 aromatic heterocycles. The lowest BCUT2D eigenvalue weighted by atomic mass is 10.0. The van der Waals surface area contributed by atoms with Gasteiger partial charge >= 0.3 is 0 Å². The molecule has 0 aliphatic carbocycles. The highest BCUT2D eigenvalue weighted by Crippen LogP contribution is 2.21. The molecule has 1 radical (unpaired) electrons. The van der Waals surface area contributed by atoms with Crippen LogP contribution in [0.25, 0.3) is 0 Å². The van der Waals surface area contributed by atoms with E-state index in [0.717, 1.165) is 5.56 Å².